The fourth-order valence-electron chi connectivity index (χ4n) is 3.59. The van der Waals surface area contributed by atoms with Gasteiger partial charge in [0.25, 0.3) is 0 Å². The summed E-state index contributed by atoms with van der Waals surface area (Å²) in [5.74, 6) is 2.98. The summed E-state index contributed by atoms with van der Waals surface area (Å²) < 4.78 is 5.30. The number of hydrogen-bond donors (Lipinski definition) is 1. The molecule has 0 bridgehead atoms. The molecule has 150 valence electrons. The molecule has 0 aromatic carbocycles. The van der Waals surface area contributed by atoms with E-state index in [0.29, 0.717) is 5.92 Å². The van der Waals surface area contributed by atoms with Gasteiger partial charge in [-0.25, -0.2) is 0 Å². The lowest BCUT2D eigenvalue weighted by molar-refractivity contribution is 0.164. The summed E-state index contributed by atoms with van der Waals surface area (Å²) in [4.78, 5) is 9.85. The zero-order valence-electron chi connectivity index (χ0n) is 17.2. The number of hydrogen-bond acceptors (Lipinski definition) is 4. The second kappa shape index (κ2) is 11.1. The van der Waals surface area contributed by atoms with E-state index in [1.807, 2.05) is 13.8 Å². The third-order valence-corrected chi connectivity index (χ3v) is 4.73. The molecule has 1 aromatic rings. The van der Waals surface area contributed by atoms with Crippen LogP contribution in [0.25, 0.3) is 0 Å². The fraction of sp³-hybridized carbons (Fsp3) is 0.789. The van der Waals surface area contributed by atoms with Gasteiger partial charge in [0.05, 0.1) is 5.69 Å². The zero-order valence-corrected chi connectivity index (χ0v) is 19.5. The van der Waals surface area contributed by atoms with Gasteiger partial charge in [-0.15, -0.1) is 24.0 Å². The largest absolute Gasteiger partial charge is 0.361 e. The maximum absolute atomic E-state index is 5.30. The number of aryl methyl sites for hydroxylation is 2. The molecule has 1 saturated heterocycles. The minimum atomic E-state index is 0. The zero-order chi connectivity index (χ0) is 18.4. The molecule has 26 heavy (non-hydrogen) atoms. The minimum absolute atomic E-state index is 0. The van der Waals surface area contributed by atoms with Crippen LogP contribution >= 0.6 is 24.0 Å². The first-order valence-corrected chi connectivity index (χ1v) is 9.60. The molecule has 1 fully saturated rings. The number of aliphatic imine (C=N–C) groups is 1. The summed E-state index contributed by atoms with van der Waals surface area (Å²) in [6.45, 7) is 20.0. The van der Waals surface area contributed by atoms with Crippen LogP contribution in [0.15, 0.2) is 9.52 Å². The first-order valence-electron chi connectivity index (χ1n) is 9.60. The van der Waals surface area contributed by atoms with Crippen LogP contribution in [0.5, 0.6) is 0 Å². The Kier molecular flexibility index (Phi) is 9.92. The first-order chi connectivity index (χ1) is 11.9. The van der Waals surface area contributed by atoms with E-state index in [1.165, 1.54) is 12.1 Å². The Morgan fingerprint density at radius 3 is 2.35 bits per heavy atom. The van der Waals surface area contributed by atoms with E-state index in [-0.39, 0.29) is 24.0 Å². The SMILES string of the molecule is CCNC(=NCC(C)c1c(C)noc1C)N1CCN(CC(C)C)CC1.I. The topological polar surface area (TPSA) is 56.9 Å². The molecular formula is C19H36IN5O. The highest BCUT2D eigenvalue weighted by Crippen LogP contribution is 2.23. The molecule has 2 rings (SSSR count). The predicted octanol–water partition coefficient (Wildman–Crippen LogP) is 3.25. The van der Waals surface area contributed by atoms with Crippen molar-refractivity contribution in [1.82, 2.24) is 20.3 Å². The third kappa shape index (κ3) is 6.40. The van der Waals surface area contributed by atoms with Crippen LogP contribution in [0.3, 0.4) is 0 Å². The van der Waals surface area contributed by atoms with Crippen LogP contribution in [0.4, 0.5) is 0 Å². The summed E-state index contributed by atoms with van der Waals surface area (Å²) in [7, 11) is 0. The van der Waals surface area contributed by atoms with Crippen molar-refractivity contribution >= 4 is 29.9 Å². The standard InChI is InChI=1S/C19H35N5O.HI/c1-7-20-19(24-10-8-23(9-11-24)13-14(2)3)21-12-15(4)18-16(5)22-25-17(18)6;/h14-15H,7-13H2,1-6H3,(H,20,21);1H. The Bertz CT molecular complexity index is 545. The van der Waals surface area contributed by atoms with Crippen molar-refractivity contribution in [2.24, 2.45) is 10.9 Å². The number of nitrogens with zero attached hydrogens (tertiary/aromatic N) is 4. The molecule has 1 aliphatic rings. The summed E-state index contributed by atoms with van der Waals surface area (Å²) in [5.41, 5.74) is 2.17. The van der Waals surface area contributed by atoms with Crippen LogP contribution in [-0.4, -0.2) is 66.7 Å². The van der Waals surface area contributed by atoms with Crippen LogP contribution in [-0.2, 0) is 0 Å². The van der Waals surface area contributed by atoms with Crippen molar-refractivity contribution in [1.29, 1.82) is 0 Å². The van der Waals surface area contributed by atoms with E-state index >= 15 is 0 Å². The molecule has 1 aliphatic heterocycles. The van der Waals surface area contributed by atoms with Crippen LogP contribution in [0, 0.1) is 19.8 Å². The monoisotopic (exact) mass is 477 g/mol. The molecule has 2 heterocycles. The van der Waals surface area contributed by atoms with E-state index in [4.69, 9.17) is 9.52 Å². The highest BCUT2D eigenvalue weighted by Gasteiger charge is 2.21. The Balaban J connectivity index is 0.00000338. The van der Waals surface area contributed by atoms with Gasteiger partial charge in [0.15, 0.2) is 5.96 Å². The molecule has 6 nitrogen and oxygen atoms in total. The molecule has 1 atom stereocenters. The van der Waals surface area contributed by atoms with E-state index in [0.717, 1.165) is 62.6 Å². The van der Waals surface area contributed by atoms with Gasteiger partial charge in [-0.3, -0.25) is 9.89 Å². The van der Waals surface area contributed by atoms with Crippen LogP contribution < -0.4 is 5.32 Å². The number of guanidine groups is 1. The van der Waals surface area contributed by atoms with Crippen LogP contribution in [0.2, 0.25) is 0 Å². The molecule has 7 heteroatoms. The summed E-state index contributed by atoms with van der Waals surface area (Å²) in [5, 5.41) is 7.52. The molecular weight excluding hydrogens is 441 g/mol. The van der Waals surface area contributed by atoms with Gasteiger partial charge in [-0.1, -0.05) is 25.9 Å². The molecule has 0 aliphatic carbocycles. The third-order valence-electron chi connectivity index (χ3n) is 4.73. The molecule has 0 amide bonds. The van der Waals surface area contributed by atoms with Gasteiger partial charge in [0, 0.05) is 57.3 Å². The average molecular weight is 477 g/mol. The maximum Gasteiger partial charge on any atom is 0.194 e. The average Bonchev–Trinajstić information content (AvgIpc) is 2.90. The lowest BCUT2D eigenvalue weighted by Gasteiger charge is -2.37. The number of aromatic nitrogens is 1. The van der Waals surface area contributed by atoms with Gasteiger partial charge >= 0.3 is 0 Å². The Morgan fingerprint density at radius 1 is 1.19 bits per heavy atom. The fourth-order valence-corrected chi connectivity index (χ4v) is 3.59. The van der Waals surface area contributed by atoms with E-state index in [9.17, 15) is 0 Å². The lowest BCUT2D eigenvalue weighted by atomic mass is 10.00. The number of rotatable bonds is 6. The van der Waals surface area contributed by atoms with Crippen molar-refractivity contribution in [3.63, 3.8) is 0 Å². The molecule has 0 saturated carbocycles. The number of piperazine rings is 1. The van der Waals surface area contributed by atoms with Crippen molar-refractivity contribution in [3.8, 4) is 0 Å². The normalized spacial score (nSPS) is 17.3. The highest BCUT2D eigenvalue weighted by molar-refractivity contribution is 14.0. The van der Waals surface area contributed by atoms with Gasteiger partial charge in [-0.05, 0) is 26.7 Å². The Labute approximate surface area is 175 Å². The molecule has 0 spiro atoms. The smallest absolute Gasteiger partial charge is 0.194 e. The van der Waals surface area contributed by atoms with E-state index in [1.54, 1.807) is 0 Å². The predicted molar refractivity (Wildman–Crippen MR) is 119 cm³/mol. The summed E-state index contributed by atoms with van der Waals surface area (Å²) >= 11 is 0. The van der Waals surface area contributed by atoms with Crippen molar-refractivity contribution in [3.05, 3.63) is 17.0 Å². The van der Waals surface area contributed by atoms with Crippen LogP contribution in [0.1, 0.15) is 50.6 Å². The van der Waals surface area contributed by atoms with Gasteiger partial charge in [0.2, 0.25) is 0 Å². The molecule has 1 N–H and O–H groups in total. The Morgan fingerprint density at radius 2 is 1.85 bits per heavy atom. The minimum Gasteiger partial charge on any atom is -0.361 e. The van der Waals surface area contributed by atoms with E-state index < -0.39 is 0 Å². The second-order valence-corrected chi connectivity index (χ2v) is 7.52. The van der Waals surface area contributed by atoms with Gasteiger partial charge < -0.3 is 14.7 Å². The van der Waals surface area contributed by atoms with Crippen molar-refractivity contribution in [2.75, 3.05) is 45.8 Å². The number of halogens is 1. The summed E-state index contributed by atoms with van der Waals surface area (Å²) in [6, 6.07) is 0. The molecule has 1 unspecified atom stereocenters. The lowest BCUT2D eigenvalue weighted by Crippen LogP contribution is -2.53. The maximum atomic E-state index is 5.30. The number of nitrogens with one attached hydrogen (secondary N) is 1. The second-order valence-electron chi connectivity index (χ2n) is 7.52. The van der Waals surface area contributed by atoms with Gasteiger partial charge in [-0.2, -0.15) is 0 Å². The van der Waals surface area contributed by atoms with Gasteiger partial charge in [0.1, 0.15) is 5.76 Å². The summed E-state index contributed by atoms with van der Waals surface area (Å²) in [6.07, 6.45) is 0. The Hall–Kier alpha value is -0.830. The van der Waals surface area contributed by atoms with E-state index in [2.05, 4.69) is 48.0 Å². The first kappa shape index (κ1) is 23.2. The quantitative estimate of drug-likeness (QED) is 0.387. The van der Waals surface area contributed by atoms with Crippen molar-refractivity contribution < 1.29 is 4.52 Å². The van der Waals surface area contributed by atoms with Crippen molar-refractivity contribution in [2.45, 2.75) is 47.5 Å². The highest BCUT2D eigenvalue weighted by atomic mass is 127. The molecule has 0 radical (unpaired) electrons. The molecule has 1 aromatic heterocycles.